The summed E-state index contributed by atoms with van der Waals surface area (Å²) in [5, 5.41) is 3.15. The summed E-state index contributed by atoms with van der Waals surface area (Å²) in [7, 11) is 0. The Morgan fingerprint density at radius 2 is 1.75 bits per heavy atom. The number of benzene rings is 1. The van der Waals surface area contributed by atoms with Crippen molar-refractivity contribution < 1.29 is 9.13 Å². The number of nitrogens with one attached hydrogen (secondary N) is 1. The van der Waals surface area contributed by atoms with Crippen LogP contribution in [0.2, 0.25) is 0 Å². The van der Waals surface area contributed by atoms with Crippen LogP contribution in [0.25, 0.3) is 0 Å². The average molecular weight is 330 g/mol. The van der Waals surface area contributed by atoms with E-state index < -0.39 is 5.82 Å². The number of halogens is 1. The van der Waals surface area contributed by atoms with Crippen molar-refractivity contribution in [2.24, 2.45) is 0 Å². The molecular formula is C18H23FN4O. The van der Waals surface area contributed by atoms with E-state index in [-0.39, 0.29) is 12.2 Å². The zero-order chi connectivity index (χ0) is 16.9. The van der Waals surface area contributed by atoms with E-state index in [1.165, 1.54) is 11.1 Å². The fraction of sp³-hybridized carbons (Fsp3) is 0.444. The molecule has 1 aliphatic rings. The van der Waals surface area contributed by atoms with Gasteiger partial charge in [0.05, 0.1) is 24.6 Å². The van der Waals surface area contributed by atoms with Gasteiger partial charge in [-0.3, -0.25) is 4.90 Å². The van der Waals surface area contributed by atoms with Crippen molar-refractivity contribution in [1.29, 1.82) is 0 Å². The monoisotopic (exact) mass is 330 g/mol. The molecule has 128 valence electrons. The summed E-state index contributed by atoms with van der Waals surface area (Å²) in [5.41, 5.74) is 2.46. The quantitative estimate of drug-likeness (QED) is 0.913. The van der Waals surface area contributed by atoms with Crippen molar-refractivity contribution in [3.63, 3.8) is 0 Å². The van der Waals surface area contributed by atoms with Crippen LogP contribution in [-0.2, 0) is 17.8 Å². The number of aromatic nitrogens is 2. The average Bonchev–Trinajstić information content (AvgIpc) is 2.54. The van der Waals surface area contributed by atoms with E-state index in [4.69, 9.17) is 4.74 Å². The van der Waals surface area contributed by atoms with E-state index in [1.807, 2.05) is 6.07 Å². The summed E-state index contributed by atoms with van der Waals surface area (Å²) in [4.78, 5) is 10.3. The third-order valence-corrected chi connectivity index (χ3v) is 4.06. The molecule has 2 atom stereocenters. The minimum absolute atomic E-state index is 0.256. The predicted molar refractivity (Wildman–Crippen MR) is 91.0 cm³/mol. The zero-order valence-electron chi connectivity index (χ0n) is 14.1. The van der Waals surface area contributed by atoms with Crippen molar-refractivity contribution >= 4 is 5.95 Å². The summed E-state index contributed by atoms with van der Waals surface area (Å²) in [6.07, 6.45) is 2.84. The van der Waals surface area contributed by atoms with Gasteiger partial charge >= 0.3 is 0 Å². The Morgan fingerprint density at radius 3 is 2.42 bits per heavy atom. The first-order valence-corrected chi connectivity index (χ1v) is 8.26. The van der Waals surface area contributed by atoms with E-state index in [0.717, 1.165) is 32.0 Å². The molecule has 1 aliphatic heterocycles. The smallest absolute Gasteiger partial charge is 0.223 e. The molecule has 0 amide bonds. The molecule has 0 unspecified atom stereocenters. The number of ether oxygens (including phenoxy) is 1. The molecule has 6 heteroatoms. The van der Waals surface area contributed by atoms with Gasteiger partial charge in [0.1, 0.15) is 0 Å². The van der Waals surface area contributed by atoms with Crippen LogP contribution in [-0.4, -0.2) is 40.2 Å². The van der Waals surface area contributed by atoms with Crippen LogP contribution in [0.4, 0.5) is 10.3 Å². The second-order valence-corrected chi connectivity index (χ2v) is 6.30. The lowest BCUT2D eigenvalue weighted by atomic mass is 10.1. The molecule has 1 saturated heterocycles. The highest BCUT2D eigenvalue weighted by molar-refractivity contribution is 5.32. The maximum Gasteiger partial charge on any atom is 0.223 e. The van der Waals surface area contributed by atoms with Gasteiger partial charge in [-0.1, -0.05) is 24.3 Å². The second kappa shape index (κ2) is 7.68. The molecule has 1 fully saturated rings. The van der Waals surface area contributed by atoms with Gasteiger partial charge in [-0.25, -0.2) is 14.4 Å². The van der Waals surface area contributed by atoms with Crippen LogP contribution in [0.15, 0.2) is 36.7 Å². The summed E-state index contributed by atoms with van der Waals surface area (Å²) >= 11 is 0. The maximum absolute atomic E-state index is 12.9. The summed E-state index contributed by atoms with van der Waals surface area (Å²) < 4.78 is 18.7. The number of anilines is 1. The fourth-order valence-electron chi connectivity index (χ4n) is 3.12. The van der Waals surface area contributed by atoms with E-state index in [2.05, 4.69) is 52.2 Å². The van der Waals surface area contributed by atoms with Gasteiger partial charge in [-0.15, -0.1) is 0 Å². The van der Waals surface area contributed by atoms with Crippen LogP contribution in [0.1, 0.15) is 25.0 Å². The van der Waals surface area contributed by atoms with Crippen LogP contribution in [0.3, 0.4) is 0 Å². The minimum atomic E-state index is -0.434. The molecule has 1 aromatic carbocycles. The molecule has 0 radical (unpaired) electrons. The first kappa shape index (κ1) is 16.8. The Labute approximate surface area is 141 Å². The lowest BCUT2D eigenvalue weighted by Gasteiger charge is -2.35. The first-order valence-electron chi connectivity index (χ1n) is 8.26. The molecular weight excluding hydrogens is 307 g/mol. The van der Waals surface area contributed by atoms with Crippen LogP contribution in [0, 0.1) is 5.82 Å². The van der Waals surface area contributed by atoms with Crippen molar-refractivity contribution in [3.05, 3.63) is 53.6 Å². The summed E-state index contributed by atoms with van der Waals surface area (Å²) in [6, 6.07) is 8.32. The number of hydrogen-bond acceptors (Lipinski definition) is 5. The zero-order valence-corrected chi connectivity index (χ0v) is 14.1. The number of rotatable bonds is 5. The van der Waals surface area contributed by atoms with E-state index in [0.29, 0.717) is 12.5 Å². The molecule has 2 heterocycles. The second-order valence-electron chi connectivity index (χ2n) is 6.30. The van der Waals surface area contributed by atoms with Crippen LogP contribution < -0.4 is 5.32 Å². The summed E-state index contributed by atoms with van der Waals surface area (Å²) in [5.74, 6) is -0.00340. The number of morpholine rings is 1. The lowest BCUT2D eigenvalue weighted by Crippen LogP contribution is -2.44. The van der Waals surface area contributed by atoms with Crippen molar-refractivity contribution in [2.45, 2.75) is 39.1 Å². The van der Waals surface area contributed by atoms with Crippen LogP contribution in [0.5, 0.6) is 0 Å². The largest absolute Gasteiger partial charge is 0.373 e. The number of hydrogen-bond donors (Lipinski definition) is 1. The highest BCUT2D eigenvalue weighted by Gasteiger charge is 2.22. The molecule has 2 aromatic rings. The highest BCUT2D eigenvalue weighted by Crippen LogP contribution is 2.17. The Hall–Kier alpha value is -2.05. The van der Waals surface area contributed by atoms with Crippen LogP contribution >= 0.6 is 0 Å². The third kappa shape index (κ3) is 4.49. The molecule has 0 spiro atoms. The molecule has 0 aliphatic carbocycles. The van der Waals surface area contributed by atoms with Gasteiger partial charge < -0.3 is 10.1 Å². The van der Waals surface area contributed by atoms with Gasteiger partial charge in [0.15, 0.2) is 5.82 Å². The van der Waals surface area contributed by atoms with Gasteiger partial charge in [0.2, 0.25) is 5.95 Å². The Kier molecular flexibility index (Phi) is 5.37. The molecule has 1 aromatic heterocycles. The van der Waals surface area contributed by atoms with E-state index in [1.54, 1.807) is 0 Å². The van der Waals surface area contributed by atoms with Crippen molar-refractivity contribution in [1.82, 2.24) is 14.9 Å². The number of nitrogens with zero attached hydrogens (tertiary/aromatic N) is 3. The topological polar surface area (TPSA) is 50.3 Å². The van der Waals surface area contributed by atoms with E-state index >= 15 is 0 Å². The lowest BCUT2D eigenvalue weighted by molar-refractivity contribution is -0.0705. The minimum Gasteiger partial charge on any atom is -0.373 e. The fourth-order valence-corrected chi connectivity index (χ4v) is 3.12. The maximum atomic E-state index is 12.9. The van der Waals surface area contributed by atoms with Gasteiger partial charge in [0.25, 0.3) is 0 Å². The predicted octanol–water partition coefficient (Wildman–Crippen LogP) is 2.84. The molecule has 3 rings (SSSR count). The molecule has 1 N–H and O–H groups in total. The van der Waals surface area contributed by atoms with Crippen molar-refractivity contribution in [3.8, 4) is 0 Å². The third-order valence-electron chi connectivity index (χ3n) is 4.06. The standard InChI is InChI=1S/C18H23FN4O/c1-13-10-23(11-14(2)24-13)12-16-6-4-3-5-15(16)7-20-18-21-8-17(19)9-22-18/h3-6,8-9,13-14H,7,10-12H2,1-2H3,(H,20,21,22)/t13-,14+. The Balaban J connectivity index is 1.65. The molecule has 0 saturated carbocycles. The van der Waals surface area contributed by atoms with Gasteiger partial charge in [0, 0.05) is 26.2 Å². The molecule has 24 heavy (non-hydrogen) atoms. The Morgan fingerprint density at radius 1 is 1.12 bits per heavy atom. The van der Waals surface area contributed by atoms with Gasteiger partial charge in [-0.2, -0.15) is 0 Å². The molecule has 5 nitrogen and oxygen atoms in total. The van der Waals surface area contributed by atoms with Crippen molar-refractivity contribution in [2.75, 3.05) is 18.4 Å². The first-order chi connectivity index (χ1) is 11.6. The van der Waals surface area contributed by atoms with E-state index in [9.17, 15) is 4.39 Å². The Bertz CT molecular complexity index is 654. The SMILES string of the molecule is C[C@@H]1CN(Cc2ccccc2CNc2ncc(F)cn2)C[C@H](C)O1. The van der Waals surface area contributed by atoms with Gasteiger partial charge in [-0.05, 0) is 25.0 Å². The highest BCUT2D eigenvalue weighted by atomic mass is 19.1. The normalized spacial score (nSPS) is 21.6. The molecule has 0 bridgehead atoms. The summed E-state index contributed by atoms with van der Waals surface area (Å²) in [6.45, 7) is 7.60.